The second-order valence-electron chi connectivity index (χ2n) is 4.27. The van der Waals surface area contributed by atoms with Crippen molar-refractivity contribution < 1.29 is 4.74 Å². The molecule has 0 N–H and O–H groups in total. The Hall–Kier alpha value is -2.17. The first-order valence-electron chi connectivity index (χ1n) is 6.26. The van der Waals surface area contributed by atoms with E-state index in [4.69, 9.17) is 4.74 Å². The van der Waals surface area contributed by atoms with Gasteiger partial charge >= 0.3 is 0 Å². The standard InChI is InChI=1S/C14H18N4O/c1-4-5-6-7-12-16-17-14(18(12)2)11-8-9-13(19-3)15-10-11/h4,8-10H,1,5-7H2,2-3H3. The van der Waals surface area contributed by atoms with Crippen LogP contribution in [0, 0.1) is 0 Å². The van der Waals surface area contributed by atoms with Gasteiger partial charge in [0.05, 0.1) is 7.11 Å². The van der Waals surface area contributed by atoms with Gasteiger partial charge in [0.2, 0.25) is 5.88 Å². The third-order valence-corrected chi connectivity index (χ3v) is 2.98. The Labute approximate surface area is 113 Å². The maximum absolute atomic E-state index is 5.04. The average molecular weight is 258 g/mol. The Kier molecular flexibility index (Phi) is 4.28. The summed E-state index contributed by atoms with van der Waals surface area (Å²) >= 11 is 0. The summed E-state index contributed by atoms with van der Waals surface area (Å²) in [7, 11) is 3.57. The number of rotatable bonds is 6. The number of hydrogen-bond acceptors (Lipinski definition) is 4. The smallest absolute Gasteiger partial charge is 0.212 e. The van der Waals surface area contributed by atoms with Crippen LogP contribution >= 0.6 is 0 Å². The fourth-order valence-corrected chi connectivity index (χ4v) is 1.87. The Bertz CT molecular complexity index is 545. The molecule has 2 aromatic heterocycles. The van der Waals surface area contributed by atoms with Crippen molar-refractivity contribution in [3.63, 3.8) is 0 Å². The molecule has 0 aliphatic rings. The molecule has 2 heterocycles. The summed E-state index contributed by atoms with van der Waals surface area (Å²) in [5, 5.41) is 8.45. The zero-order valence-corrected chi connectivity index (χ0v) is 11.3. The molecule has 100 valence electrons. The summed E-state index contributed by atoms with van der Waals surface area (Å²) in [6, 6.07) is 3.75. The Morgan fingerprint density at radius 1 is 1.37 bits per heavy atom. The first-order chi connectivity index (χ1) is 9.26. The molecule has 0 fully saturated rings. The van der Waals surface area contributed by atoms with Gasteiger partial charge in [-0.05, 0) is 18.9 Å². The number of ether oxygens (including phenoxy) is 1. The second-order valence-corrected chi connectivity index (χ2v) is 4.27. The number of aryl methyl sites for hydroxylation is 1. The van der Waals surface area contributed by atoms with Gasteiger partial charge in [-0.15, -0.1) is 16.8 Å². The molecule has 0 atom stereocenters. The fourth-order valence-electron chi connectivity index (χ4n) is 1.87. The Morgan fingerprint density at radius 2 is 2.21 bits per heavy atom. The van der Waals surface area contributed by atoms with Gasteiger partial charge in [0, 0.05) is 31.3 Å². The van der Waals surface area contributed by atoms with Crippen LogP contribution in [0.25, 0.3) is 11.4 Å². The van der Waals surface area contributed by atoms with Crippen molar-refractivity contribution in [2.45, 2.75) is 19.3 Å². The number of pyridine rings is 1. The number of aromatic nitrogens is 4. The molecule has 0 amide bonds. The summed E-state index contributed by atoms with van der Waals surface area (Å²) in [5.74, 6) is 2.40. The zero-order valence-electron chi connectivity index (χ0n) is 11.3. The van der Waals surface area contributed by atoms with Crippen LogP contribution in [0.15, 0.2) is 31.0 Å². The molecule has 0 aromatic carbocycles. The number of hydrogen-bond donors (Lipinski definition) is 0. The third-order valence-electron chi connectivity index (χ3n) is 2.98. The van der Waals surface area contributed by atoms with Gasteiger partial charge in [-0.2, -0.15) is 0 Å². The van der Waals surface area contributed by atoms with E-state index in [9.17, 15) is 0 Å². The van der Waals surface area contributed by atoms with E-state index in [1.807, 2.05) is 29.8 Å². The average Bonchev–Trinajstić information content (AvgIpc) is 2.81. The summed E-state index contributed by atoms with van der Waals surface area (Å²) in [6.07, 6.45) is 6.60. The molecule has 0 radical (unpaired) electrons. The lowest BCUT2D eigenvalue weighted by Gasteiger charge is -2.04. The second kappa shape index (κ2) is 6.13. The third kappa shape index (κ3) is 2.99. The first kappa shape index (κ1) is 13.3. The van der Waals surface area contributed by atoms with E-state index in [0.29, 0.717) is 5.88 Å². The summed E-state index contributed by atoms with van der Waals surface area (Å²) < 4.78 is 7.05. The molecule has 0 saturated heterocycles. The fraction of sp³-hybridized carbons (Fsp3) is 0.357. The van der Waals surface area contributed by atoms with E-state index >= 15 is 0 Å². The largest absolute Gasteiger partial charge is 0.481 e. The van der Waals surface area contributed by atoms with Crippen LogP contribution in [-0.4, -0.2) is 26.9 Å². The van der Waals surface area contributed by atoms with Crippen LogP contribution in [0.4, 0.5) is 0 Å². The molecule has 5 heteroatoms. The molecule has 19 heavy (non-hydrogen) atoms. The molecule has 0 saturated carbocycles. The van der Waals surface area contributed by atoms with Crippen molar-refractivity contribution in [2.75, 3.05) is 7.11 Å². The highest BCUT2D eigenvalue weighted by atomic mass is 16.5. The van der Waals surface area contributed by atoms with Crippen LogP contribution in [0.1, 0.15) is 18.7 Å². The number of nitrogens with zero attached hydrogens (tertiary/aromatic N) is 4. The highest BCUT2D eigenvalue weighted by Gasteiger charge is 2.10. The van der Waals surface area contributed by atoms with Gasteiger partial charge in [-0.3, -0.25) is 0 Å². The molecule has 5 nitrogen and oxygen atoms in total. The molecule has 0 aliphatic heterocycles. The quantitative estimate of drug-likeness (QED) is 0.589. The topological polar surface area (TPSA) is 52.8 Å². The van der Waals surface area contributed by atoms with Gasteiger partial charge in [-0.25, -0.2) is 4.98 Å². The maximum atomic E-state index is 5.04. The Balaban J connectivity index is 2.17. The number of unbranched alkanes of at least 4 members (excludes halogenated alkanes) is 1. The molecular weight excluding hydrogens is 240 g/mol. The molecular formula is C14H18N4O. The highest BCUT2D eigenvalue weighted by Crippen LogP contribution is 2.19. The zero-order chi connectivity index (χ0) is 13.7. The molecule has 0 bridgehead atoms. The summed E-state index contributed by atoms with van der Waals surface area (Å²) in [4.78, 5) is 4.18. The van der Waals surface area contributed by atoms with Crippen LogP contribution < -0.4 is 4.74 Å². The van der Waals surface area contributed by atoms with Crippen molar-refractivity contribution in [1.29, 1.82) is 0 Å². The van der Waals surface area contributed by atoms with Crippen LogP contribution in [0.5, 0.6) is 5.88 Å². The van der Waals surface area contributed by atoms with E-state index in [0.717, 1.165) is 36.5 Å². The van der Waals surface area contributed by atoms with E-state index in [2.05, 4.69) is 21.8 Å². The van der Waals surface area contributed by atoms with Gasteiger partial charge in [-0.1, -0.05) is 6.08 Å². The molecule has 0 aliphatic carbocycles. The first-order valence-corrected chi connectivity index (χ1v) is 6.26. The van der Waals surface area contributed by atoms with Gasteiger partial charge < -0.3 is 9.30 Å². The SMILES string of the molecule is C=CCCCc1nnc(-c2ccc(OC)nc2)n1C. The van der Waals surface area contributed by atoms with Crippen LogP contribution in [-0.2, 0) is 13.5 Å². The molecule has 0 unspecified atom stereocenters. The lowest BCUT2D eigenvalue weighted by molar-refractivity contribution is 0.398. The lowest BCUT2D eigenvalue weighted by Crippen LogP contribution is -2.00. The number of methoxy groups -OCH3 is 1. The lowest BCUT2D eigenvalue weighted by atomic mass is 10.2. The van der Waals surface area contributed by atoms with Crippen molar-refractivity contribution in [2.24, 2.45) is 7.05 Å². The minimum atomic E-state index is 0.595. The predicted octanol–water partition coefficient (Wildman–Crippen LogP) is 2.39. The predicted molar refractivity (Wildman–Crippen MR) is 73.9 cm³/mol. The van der Waals surface area contributed by atoms with Gasteiger partial charge in [0.15, 0.2) is 5.82 Å². The van der Waals surface area contributed by atoms with E-state index in [-0.39, 0.29) is 0 Å². The molecule has 2 rings (SSSR count). The monoisotopic (exact) mass is 258 g/mol. The highest BCUT2D eigenvalue weighted by molar-refractivity contribution is 5.54. The van der Waals surface area contributed by atoms with E-state index in [1.54, 1.807) is 13.3 Å². The van der Waals surface area contributed by atoms with Crippen molar-refractivity contribution >= 4 is 0 Å². The van der Waals surface area contributed by atoms with Gasteiger partial charge in [0.1, 0.15) is 5.82 Å². The summed E-state index contributed by atoms with van der Waals surface area (Å²) in [6.45, 7) is 3.72. The van der Waals surface area contributed by atoms with E-state index < -0.39 is 0 Å². The maximum Gasteiger partial charge on any atom is 0.212 e. The molecule has 0 spiro atoms. The number of allylic oxidation sites excluding steroid dienone is 1. The van der Waals surface area contributed by atoms with Crippen molar-refractivity contribution in [3.05, 3.63) is 36.8 Å². The Morgan fingerprint density at radius 3 is 2.84 bits per heavy atom. The summed E-state index contributed by atoms with van der Waals surface area (Å²) in [5.41, 5.74) is 0.936. The van der Waals surface area contributed by atoms with Crippen molar-refractivity contribution in [1.82, 2.24) is 19.7 Å². The van der Waals surface area contributed by atoms with Crippen LogP contribution in [0.3, 0.4) is 0 Å². The van der Waals surface area contributed by atoms with E-state index in [1.165, 1.54) is 0 Å². The van der Waals surface area contributed by atoms with Crippen LogP contribution in [0.2, 0.25) is 0 Å². The normalized spacial score (nSPS) is 10.4. The minimum absolute atomic E-state index is 0.595. The van der Waals surface area contributed by atoms with Crippen molar-refractivity contribution in [3.8, 4) is 17.3 Å². The minimum Gasteiger partial charge on any atom is -0.481 e. The van der Waals surface area contributed by atoms with Gasteiger partial charge in [0.25, 0.3) is 0 Å². The molecule has 2 aromatic rings.